The summed E-state index contributed by atoms with van der Waals surface area (Å²) < 4.78 is 146. The van der Waals surface area contributed by atoms with Gasteiger partial charge in [-0.2, -0.15) is 48.3 Å². The van der Waals surface area contributed by atoms with Gasteiger partial charge in [0.1, 0.15) is 0 Å². The lowest BCUT2D eigenvalue weighted by Crippen LogP contribution is -2.67. The first-order valence-electron chi connectivity index (χ1n) is 8.86. The highest BCUT2D eigenvalue weighted by Gasteiger charge is 2.87. The second-order valence-corrected chi connectivity index (χ2v) is 7.07. The van der Waals surface area contributed by atoms with Gasteiger partial charge < -0.3 is 10.0 Å². The molecule has 180 valence electrons. The molecule has 1 aromatic carbocycles. The summed E-state index contributed by atoms with van der Waals surface area (Å²) in [6.45, 7) is 4.30. The van der Waals surface area contributed by atoms with Crippen molar-refractivity contribution in [2.45, 2.75) is 62.7 Å². The predicted molar refractivity (Wildman–Crippen MR) is 90.0 cm³/mol. The molecular weight excluding hydrogens is 455 g/mol. The molecule has 0 spiro atoms. The summed E-state index contributed by atoms with van der Waals surface area (Å²) in [5.74, 6) is -28.3. The molecule has 0 aromatic heterocycles. The minimum Gasteiger partial charge on any atom is -0.385 e. The molecule has 0 saturated heterocycles. The van der Waals surface area contributed by atoms with Crippen LogP contribution in [-0.4, -0.2) is 48.1 Å². The maximum Gasteiger partial charge on any atom is 0.460 e. The van der Waals surface area contributed by atoms with E-state index in [0.717, 1.165) is 6.07 Å². The number of anilines is 1. The molecule has 0 fully saturated rings. The number of halogens is 11. The Hall–Kier alpha value is -1.79. The Bertz CT molecular complexity index is 755. The van der Waals surface area contributed by atoms with Gasteiger partial charge in [0.05, 0.1) is 12.0 Å². The fourth-order valence-corrected chi connectivity index (χ4v) is 3.01. The highest BCUT2D eigenvalue weighted by Crippen LogP contribution is 2.59. The molecule has 0 saturated carbocycles. The van der Waals surface area contributed by atoms with E-state index in [4.69, 9.17) is 0 Å². The first kappa shape index (κ1) is 27.2. The zero-order valence-electron chi connectivity index (χ0n) is 16.5. The van der Waals surface area contributed by atoms with Crippen LogP contribution in [0, 0.1) is 0 Å². The number of alkyl halides is 11. The second-order valence-electron chi connectivity index (χ2n) is 7.07. The normalized spacial score (nSPS) is 16.2. The van der Waals surface area contributed by atoms with Crippen LogP contribution in [0.4, 0.5) is 54.0 Å². The van der Waals surface area contributed by atoms with Gasteiger partial charge in [0.15, 0.2) is 0 Å². The van der Waals surface area contributed by atoms with Gasteiger partial charge in [0.2, 0.25) is 0 Å². The van der Waals surface area contributed by atoms with E-state index in [0.29, 0.717) is 6.92 Å². The smallest absolute Gasteiger partial charge is 0.385 e. The minimum absolute atomic E-state index is 0.0593. The summed E-state index contributed by atoms with van der Waals surface area (Å²) in [4.78, 5) is 1.49. The van der Waals surface area contributed by atoms with E-state index in [1.165, 1.54) is 23.1 Å². The van der Waals surface area contributed by atoms with Crippen molar-refractivity contribution in [3.8, 4) is 0 Å². The van der Waals surface area contributed by atoms with Crippen molar-refractivity contribution in [2.75, 3.05) is 18.0 Å². The first-order valence-corrected chi connectivity index (χ1v) is 8.86. The molecule has 1 N–H and O–H groups in total. The highest BCUT2D eigenvalue weighted by atomic mass is 19.4. The van der Waals surface area contributed by atoms with E-state index in [2.05, 4.69) is 0 Å². The van der Waals surface area contributed by atoms with Crippen LogP contribution >= 0.6 is 0 Å². The Balaban J connectivity index is 3.47. The molecule has 1 rings (SSSR count). The van der Waals surface area contributed by atoms with E-state index >= 15 is 0 Å². The molecule has 13 heteroatoms. The quantitative estimate of drug-likeness (QED) is 0.428. The van der Waals surface area contributed by atoms with Crippen LogP contribution < -0.4 is 4.90 Å². The zero-order valence-corrected chi connectivity index (χ0v) is 16.5. The lowest BCUT2D eigenvalue weighted by Gasteiger charge is -2.40. The molecule has 31 heavy (non-hydrogen) atoms. The fraction of sp³-hybridized carbons (Fsp3) is 0.667. The van der Waals surface area contributed by atoms with Crippen LogP contribution in [0.1, 0.15) is 32.8 Å². The molecule has 0 heterocycles. The molecule has 0 aliphatic carbocycles. The molecule has 0 aliphatic heterocycles. The largest absolute Gasteiger partial charge is 0.460 e. The van der Waals surface area contributed by atoms with Crippen molar-refractivity contribution in [3.05, 3.63) is 29.8 Å². The number of hydrogen-bond donors (Lipinski definition) is 1. The van der Waals surface area contributed by atoms with Crippen molar-refractivity contribution in [1.29, 1.82) is 0 Å². The lowest BCUT2D eigenvalue weighted by atomic mass is 9.84. The molecule has 0 amide bonds. The van der Waals surface area contributed by atoms with Crippen LogP contribution in [0.5, 0.6) is 0 Å². The summed E-state index contributed by atoms with van der Waals surface area (Å²) in [5, 5.41) is 10.4. The summed E-state index contributed by atoms with van der Waals surface area (Å²) >= 11 is 0. The minimum atomic E-state index is -7.50. The van der Waals surface area contributed by atoms with Gasteiger partial charge in [0, 0.05) is 24.3 Å². The molecule has 2 nitrogen and oxygen atoms in total. The topological polar surface area (TPSA) is 23.5 Å². The predicted octanol–water partition coefficient (Wildman–Crippen LogP) is 6.23. The van der Waals surface area contributed by atoms with Crippen molar-refractivity contribution in [1.82, 2.24) is 0 Å². The Labute approximate surface area is 170 Å². The van der Waals surface area contributed by atoms with Gasteiger partial charge in [-0.3, -0.25) is 0 Å². The van der Waals surface area contributed by atoms with Gasteiger partial charge in [-0.1, -0.05) is 18.2 Å². The Morgan fingerprint density at radius 3 is 1.61 bits per heavy atom. The number of para-hydroxylation sites is 1. The summed E-state index contributed by atoms with van der Waals surface area (Å²) in [6, 6.07) is 4.93. The van der Waals surface area contributed by atoms with Gasteiger partial charge in [-0.15, -0.1) is 0 Å². The van der Waals surface area contributed by atoms with E-state index in [9.17, 15) is 53.4 Å². The van der Waals surface area contributed by atoms with Crippen LogP contribution in [0.15, 0.2) is 24.3 Å². The molecule has 0 aliphatic rings. The molecule has 0 radical (unpaired) electrons. The first-order chi connectivity index (χ1) is 13.7. The SMILES string of the molecule is CCN(CC)c1ccccc1C(C)(O)CC(F)(F)C(F)(F)C(F)(F)C(F)(F)C(F)(F)F. The standard InChI is InChI=1S/C18H20F11NO/c1-4-30(5-2)12-9-7-6-8-11(12)13(3,31)10-14(19,20)15(21,22)16(23,24)17(25,26)18(27,28)29/h6-9,31H,4-5,10H2,1-3H3. The van der Waals surface area contributed by atoms with E-state index in [-0.39, 0.29) is 18.8 Å². The van der Waals surface area contributed by atoms with E-state index in [1.54, 1.807) is 13.8 Å². The van der Waals surface area contributed by atoms with Gasteiger partial charge in [-0.25, -0.2) is 0 Å². The zero-order chi connectivity index (χ0) is 24.7. The van der Waals surface area contributed by atoms with E-state index < -0.39 is 47.5 Å². The third-order valence-corrected chi connectivity index (χ3v) is 4.76. The monoisotopic (exact) mass is 475 g/mol. The number of hydrogen-bond acceptors (Lipinski definition) is 2. The van der Waals surface area contributed by atoms with Gasteiger partial charge in [0.25, 0.3) is 0 Å². The van der Waals surface area contributed by atoms with Crippen LogP contribution in [0.2, 0.25) is 0 Å². The lowest BCUT2D eigenvalue weighted by molar-refractivity contribution is -0.424. The molecule has 1 atom stereocenters. The maximum atomic E-state index is 14.2. The molecule has 1 aromatic rings. The van der Waals surface area contributed by atoms with Crippen molar-refractivity contribution in [3.63, 3.8) is 0 Å². The summed E-state index contributed by atoms with van der Waals surface area (Å²) in [5.41, 5.74) is -3.38. The second kappa shape index (κ2) is 8.28. The third-order valence-electron chi connectivity index (χ3n) is 4.76. The Morgan fingerprint density at radius 1 is 0.742 bits per heavy atom. The van der Waals surface area contributed by atoms with Crippen LogP contribution in [0.25, 0.3) is 0 Å². The number of nitrogens with zero attached hydrogens (tertiary/aromatic N) is 1. The highest BCUT2D eigenvalue weighted by molar-refractivity contribution is 5.56. The van der Waals surface area contributed by atoms with Crippen molar-refractivity contribution in [2.24, 2.45) is 0 Å². The van der Waals surface area contributed by atoms with Gasteiger partial charge >= 0.3 is 29.9 Å². The van der Waals surface area contributed by atoms with Crippen LogP contribution in [-0.2, 0) is 5.60 Å². The van der Waals surface area contributed by atoms with Crippen LogP contribution in [0.3, 0.4) is 0 Å². The third kappa shape index (κ3) is 4.56. The maximum absolute atomic E-state index is 14.2. The van der Waals surface area contributed by atoms with E-state index in [1.807, 2.05) is 0 Å². The summed E-state index contributed by atoms with van der Waals surface area (Å²) in [6.07, 6.45) is -9.79. The number of benzene rings is 1. The Kier molecular flexibility index (Phi) is 7.28. The number of aliphatic hydroxyl groups is 1. The fourth-order valence-electron chi connectivity index (χ4n) is 3.01. The molecular formula is C18H20F11NO. The Morgan fingerprint density at radius 2 is 1.19 bits per heavy atom. The average molecular weight is 475 g/mol. The van der Waals surface area contributed by atoms with Gasteiger partial charge in [-0.05, 0) is 26.8 Å². The molecule has 0 bridgehead atoms. The van der Waals surface area contributed by atoms with Crippen molar-refractivity contribution < 1.29 is 53.4 Å². The summed E-state index contributed by atoms with van der Waals surface area (Å²) in [7, 11) is 0. The van der Waals surface area contributed by atoms with Crippen molar-refractivity contribution >= 4 is 5.69 Å². The average Bonchev–Trinajstić information content (AvgIpc) is 2.60. The number of rotatable bonds is 9. The molecule has 1 unspecified atom stereocenters.